The van der Waals surface area contributed by atoms with Gasteiger partial charge in [0, 0.05) is 11.4 Å². The standard InChI is InChI=1S/C20H22N2O3S/c1-13-14(2)20(16-5-9-18(25-4)10-6-16)22(15(13)3)17-7-11-19(12-8-17)26(21,23)24/h5-12H,1-4H3,(H2,21,23,24). The van der Waals surface area contributed by atoms with Gasteiger partial charge < -0.3 is 9.30 Å². The van der Waals surface area contributed by atoms with Crippen LogP contribution in [0.3, 0.4) is 0 Å². The van der Waals surface area contributed by atoms with Gasteiger partial charge in [-0.1, -0.05) is 0 Å². The SMILES string of the molecule is COc1ccc(-c2c(C)c(C)c(C)n2-c2ccc(S(N)(=O)=O)cc2)cc1. The Kier molecular flexibility index (Phi) is 4.64. The summed E-state index contributed by atoms with van der Waals surface area (Å²) in [5, 5.41) is 5.21. The number of primary sulfonamides is 1. The number of benzene rings is 2. The Morgan fingerprint density at radius 2 is 1.46 bits per heavy atom. The Balaban J connectivity index is 2.19. The number of methoxy groups -OCH3 is 1. The summed E-state index contributed by atoms with van der Waals surface area (Å²) in [5.74, 6) is 0.801. The van der Waals surface area contributed by atoms with E-state index in [2.05, 4.69) is 25.3 Å². The van der Waals surface area contributed by atoms with Crippen molar-refractivity contribution in [2.45, 2.75) is 25.7 Å². The molecule has 2 aromatic carbocycles. The maximum Gasteiger partial charge on any atom is 0.238 e. The topological polar surface area (TPSA) is 74.3 Å². The largest absolute Gasteiger partial charge is 0.497 e. The fraction of sp³-hybridized carbons (Fsp3) is 0.200. The van der Waals surface area contributed by atoms with Gasteiger partial charge >= 0.3 is 0 Å². The van der Waals surface area contributed by atoms with Gasteiger partial charge in [0.2, 0.25) is 10.0 Å². The predicted molar refractivity (Wildman–Crippen MR) is 103 cm³/mol. The van der Waals surface area contributed by atoms with Crippen LogP contribution < -0.4 is 9.88 Å². The number of hydrogen-bond donors (Lipinski definition) is 1. The maximum atomic E-state index is 11.5. The summed E-state index contributed by atoms with van der Waals surface area (Å²) in [6.45, 7) is 6.24. The number of aromatic nitrogens is 1. The number of nitrogens with two attached hydrogens (primary N) is 1. The molecule has 0 radical (unpaired) electrons. The molecule has 0 saturated carbocycles. The molecule has 2 N–H and O–H groups in total. The normalized spacial score (nSPS) is 11.6. The Labute approximate surface area is 154 Å². The first-order valence-electron chi connectivity index (χ1n) is 8.20. The molecule has 0 spiro atoms. The van der Waals surface area contributed by atoms with E-state index >= 15 is 0 Å². The van der Waals surface area contributed by atoms with Crippen molar-refractivity contribution in [2.24, 2.45) is 5.14 Å². The summed E-state index contributed by atoms with van der Waals surface area (Å²) in [7, 11) is -2.06. The molecular formula is C20H22N2O3S. The smallest absolute Gasteiger partial charge is 0.238 e. The summed E-state index contributed by atoms with van der Waals surface area (Å²) in [4.78, 5) is 0.102. The molecule has 0 aliphatic carbocycles. The lowest BCUT2D eigenvalue weighted by Gasteiger charge is -2.14. The van der Waals surface area contributed by atoms with Crippen LogP contribution >= 0.6 is 0 Å². The van der Waals surface area contributed by atoms with Crippen molar-refractivity contribution in [3.8, 4) is 22.7 Å². The summed E-state index contributed by atoms with van der Waals surface area (Å²) in [6.07, 6.45) is 0. The van der Waals surface area contributed by atoms with Crippen molar-refractivity contribution < 1.29 is 13.2 Å². The summed E-state index contributed by atoms with van der Waals surface area (Å²) in [5.41, 5.74) is 6.52. The van der Waals surface area contributed by atoms with Gasteiger partial charge in [-0.2, -0.15) is 0 Å². The molecule has 0 aliphatic rings. The van der Waals surface area contributed by atoms with Gasteiger partial charge in [-0.3, -0.25) is 0 Å². The van der Waals surface area contributed by atoms with Crippen molar-refractivity contribution in [3.63, 3.8) is 0 Å². The molecule has 0 aliphatic heterocycles. The van der Waals surface area contributed by atoms with Crippen LogP contribution in [0.4, 0.5) is 0 Å². The van der Waals surface area contributed by atoms with Crippen LogP contribution in [0.5, 0.6) is 5.75 Å². The van der Waals surface area contributed by atoms with Gasteiger partial charge in [0.05, 0.1) is 17.7 Å². The fourth-order valence-corrected chi connectivity index (χ4v) is 3.67. The molecule has 26 heavy (non-hydrogen) atoms. The summed E-state index contributed by atoms with van der Waals surface area (Å²) in [6, 6.07) is 14.5. The van der Waals surface area contributed by atoms with E-state index in [1.807, 2.05) is 24.3 Å². The van der Waals surface area contributed by atoms with Crippen LogP contribution in [0, 0.1) is 20.8 Å². The zero-order valence-corrected chi connectivity index (χ0v) is 16.1. The number of ether oxygens (including phenoxy) is 1. The summed E-state index contributed by atoms with van der Waals surface area (Å²) < 4.78 is 30.4. The molecule has 1 heterocycles. The van der Waals surface area contributed by atoms with Gasteiger partial charge in [0.25, 0.3) is 0 Å². The lowest BCUT2D eigenvalue weighted by molar-refractivity contribution is 0.415. The molecule has 0 unspecified atom stereocenters. The van der Waals surface area contributed by atoms with Gasteiger partial charge in [0.1, 0.15) is 5.75 Å². The Bertz CT molecular complexity index is 1050. The average molecular weight is 370 g/mol. The molecule has 5 nitrogen and oxygen atoms in total. The molecule has 3 rings (SSSR count). The van der Waals surface area contributed by atoms with Crippen molar-refractivity contribution >= 4 is 10.0 Å². The van der Waals surface area contributed by atoms with Crippen LogP contribution in [0.1, 0.15) is 16.8 Å². The Morgan fingerprint density at radius 1 is 0.885 bits per heavy atom. The quantitative estimate of drug-likeness (QED) is 0.760. The molecule has 0 amide bonds. The average Bonchev–Trinajstić information content (AvgIpc) is 2.85. The highest BCUT2D eigenvalue weighted by Gasteiger charge is 2.18. The van der Waals surface area contributed by atoms with E-state index < -0.39 is 10.0 Å². The lowest BCUT2D eigenvalue weighted by Crippen LogP contribution is -2.12. The second-order valence-electron chi connectivity index (χ2n) is 6.29. The van der Waals surface area contributed by atoms with E-state index in [0.29, 0.717) is 0 Å². The third-order valence-corrected chi connectivity index (χ3v) is 5.74. The predicted octanol–water partition coefficient (Wildman–Crippen LogP) is 3.73. The Morgan fingerprint density at radius 3 is 1.96 bits per heavy atom. The third-order valence-electron chi connectivity index (χ3n) is 4.81. The summed E-state index contributed by atoms with van der Waals surface area (Å²) >= 11 is 0. The van der Waals surface area contributed by atoms with Crippen LogP contribution in [0.2, 0.25) is 0 Å². The Hall–Kier alpha value is -2.57. The second kappa shape index (κ2) is 6.63. The highest BCUT2D eigenvalue weighted by Crippen LogP contribution is 2.34. The van der Waals surface area contributed by atoms with Crippen LogP contribution in [-0.4, -0.2) is 20.1 Å². The molecule has 0 atom stereocenters. The molecule has 1 aromatic heterocycles. The first-order valence-corrected chi connectivity index (χ1v) is 9.75. The highest BCUT2D eigenvalue weighted by molar-refractivity contribution is 7.89. The van der Waals surface area contributed by atoms with E-state index in [1.165, 1.54) is 23.3 Å². The van der Waals surface area contributed by atoms with Gasteiger partial charge in [-0.05, 0) is 86.0 Å². The first kappa shape index (κ1) is 18.2. The lowest BCUT2D eigenvalue weighted by atomic mass is 10.1. The van der Waals surface area contributed by atoms with Crippen LogP contribution in [0.25, 0.3) is 16.9 Å². The zero-order valence-electron chi connectivity index (χ0n) is 15.3. The molecular weight excluding hydrogens is 348 g/mol. The van der Waals surface area contributed by atoms with E-state index in [1.54, 1.807) is 19.2 Å². The molecule has 6 heteroatoms. The van der Waals surface area contributed by atoms with E-state index in [-0.39, 0.29) is 4.90 Å². The van der Waals surface area contributed by atoms with Crippen molar-refractivity contribution in [1.82, 2.24) is 4.57 Å². The number of nitrogens with zero attached hydrogens (tertiary/aromatic N) is 1. The van der Waals surface area contributed by atoms with E-state index in [0.717, 1.165) is 28.4 Å². The van der Waals surface area contributed by atoms with Gasteiger partial charge in [0.15, 0.2) is 0 Å². The van der Waals surface area contributed by atoms with Crippen molar-refractivity contribution in [3.05, 3.63) is 65.4 Å². The van der Waals surface area contributed by atoms with Crippen molar-refractivity contribution in [1.29, 1.82) is 0 Å². The highest BCUT2D eigenvalue weighted by atomic mass is 32.2. The number of rotatable bonds is 4. The third kappa shape index (κ3) is 3.13. The maximum absolute atomic E-state index is 11.5. The first-order chi connectivity index (χ1) is 12.2. The molecule has 136 valence electrons. The molecule has 0 fully saturated rings. The molecule has 0 bridgehead atoms. The van der Waals surface area contributed by atoms with Gasteiger partial charge in [-0.15, -0.1) is 0 Å². The van der Waals surface area contributed by atoms with Crippen LogP contribution in [-0.2, 0) is 10.0 Å². The number of sulfonamides is 1. The number of hydrogen-bond acceptors (Lipinski definition) is 3. The fourth-order valence-electron chi connectivity index (χ4n) is 3.15. The minimum atomic E-state index is -3.71. The monoisotopic (exact) mass is 370 g/mol. The molecule has 0 saturated heterocycles. The minimum Gasteiger partial charge on any atom is -0.497 e. The molecule has 3 aromatic rings. The van der Waals surface area contributed by atoms with Crippen LogP contribution in [0.15, 0.2) is 53.4 Å². The van der Waals surface area contributed by atoms with E-state index in [9.17, 15) is 8.42 Å². The van der Waals surface area contributed by atoms with E-state index in [4.69, 9.17) is 9.88 Å². The zero-order chi connectivity index (χ0) is 19.1. The van der Waals surface area contributed by atoms with Gasteiger partial charge in [-0.25, -0.2) is 13.6 Å². The minimum absolute atomic E-state index is 0.102. The second-order valence-corrected chi connectivity index (χ2v) is 7.85. The van der Waals surface area contributed by atoms with Crippen molar-refractivity contribution in [2.75, 3.05) is 7.11 Å².